The van der Waals surface area contributed by atoms with Crippen LogP contribution in [0, 0.1) is 22.7 Å². The minimum Gasteiger partial charge on any atom is -0.495 e. The van der Waals surface area contributed by atoms with Gasteiger partial charge in [0.25, 0.3) is 0 Å². The topological polar surface area (TPSA) is 61.7 Å². The lowest BCUT2D eigenvalue weighted by Crippen LogP contribution is -2.01. The van der Waals surface area contributed by atoms with E-state index in [0.717, 1.165) is 5.56 Å². The van der Waals surface area contributed by atoms with E-state index in [1.54, 1.807) is 18.2 Å². The first-order valence-corrected chi connectivity index (χ1v) is 5.40. The van der Waals surface area contributed by atoms with Gasteiger partial charge < -0.3 is 9.30 Å². The van der Waals surface area contributed by atoms with Crippen molar-refractivity contribution in [2.24, 2.45) is 0 Å². The summed E-state index contributed by atoms with van der Waals surface area (Å²) in [5.74, 6) is 0.564. The molecule has 4 heteroatoms. The third kappa shape index (κ3) is 2.18. The summed E-state index contributed by atoms with van der Waals surface area (Å²) in [7, 11) is 1.54. The van der Waals surface area contributed by atoms with Gasteiger partial charge in [-0.3, -0.25) is 0 Å². The Kier molecular flexibility index (Phi) is 3.31. The molecule has 0 spiro atoms. The van der Waals surface area contributed by atoms with E-state index in [1.807, 2.05) is 22.9 Å². The molecule has 0 unspecified atom stereocenters. The Balaban J connectivity index is 2.31. The van der Waals surface area contributed by atoms with Crippen molar-refractivity contribution in [3.8, 4) is 17.9 Å². The highest BCUT2D eigenvalue weighted by Gasteiger charge is 2.05. The fraction of sp³-hybridized carbons (Fsp3) is 0.143. The summed E-state index contributed by atoms with van der Waals surface area (Å²) in [6, 6.07) is 13.2. The molecular weight excluding hydrogens is 226 g/mol. The summed E-state index contributed by atoms with van der Waals surface area (Å²) >= 11 is 0. The Labute approximate surface area is 105 Å². The lowest BCUT2D eigenvalue weighted by molar-refractivity contribution is 0.413. The standard InChI is InChI=1S/C14H11N3O/c1-18-14-5-4-11(7-12(14)8-15)10-17-6-2-3-13(17)9-16/h2-7H,10H2,1H3. The Morgan fingerprint density at radius 3 is 2.72 bits per heavy atom. The number of nitrogens with zero attached hydrogens (tertiary/aromatic N) is 3. The number of benzene rings is 1. The summed E-state index contributed by atoms with van der Waals surface area (Å²) in [4.78, 5) is 0. The number of aromatic nitrogens is 1. The van der Waals surface area contributed by atoms with Gasteiger partial charge in [-0.15, -0.1) is 0 Å². The van der Waals surface area contributed by atoms with Gasteiger partial charge in [0.1, 0.15) is 23.6 Å². The molecule has 4 nitrogen and oxygen atoms in total. The molecule has 0 aliphatic rings. The predicted octanol–water partition coefficient (Wildman–Crippen LogP) is 2.29. The maximum atomic E-state index is 9.01. The van der Waals surface area contributed by atoms with E-state index in [9.17, 15) is 0 Å². The van der Waals surface area contributed by atoms with Crippen LogP contribution in [0.15, 0.2) is 36.5 Å². The Morgan fingerprint density at radius 2 is 2.06 bits per heavy atom. The average molecular weight is 237 g/mol. The fourth-order valence-electron chi connectivity index (χ4n) is 1.79. The van der Waals surface area contributed by atoms with Crippen LogP contribution in [0.5, 0.6) is 5.75 Å². The molecule has 0 fully saturated rings. The van der Waals surface area contributed by atoms with Crippen LogP contribution in [0.4, 0.5) is 0 Å². The van der Waals surface area contributed by atoms with E-state index in [1.165, 1.54) is 7.11 Å². The number of methoxy groups -OCH3 is 1. The summed E-state index contributed by atoms with van der Waals surface area (Å²) in [5, 5.41) is 17.9. The van der Waals surface area contributed by atoms with E-state index in [0.29, 0.717) is 23.6 Å². The molecule has 0 amide bonds. The van der Waals surface area contributed by atoms with Crippen molar-refractivity contribution in [3.63, 3.8) is 0 Å². The molecule has 2 aromatic rings. The largest absolute Gasteiger partial charge is 0.495 e. The molecular formula is C14H11N3O. The molecule has 0 saturated heterocycles. The van der Waals surface area contributed by atoms with Gasteiger partial charge in [0, 0.05) is 12.7 Å². The highest BCUT2D eigenvalue weighted by Crippen LogP contribution is 2.19. The Morgan fingerprint density at radius 1 is 1.22 bits per heavy atom. The fourth-order valence-corrected chi connectivity index (χ4v) is 1.79. The first kappa shape index (κ1) is 11.8. The molecule has 0 radical (unpaired) electrons. The Hall–Kier alpha value is -2.72. The second-order valence-electron chi connectivity index (χ2n) is 3.78. The van der Waals surface area contributed by atoms with E-state index in [-0.39, 0.29) is 0 Å². The number of hydrogen-bond acceptors (Lipinski definition) is 3. The number of hydrogen-bond donors (Lipinski definition) is 0. The predicted molar refractivity (Wildman–Crippen MR) is 66.0 cm³/mol. The van der Waals surface area contributed by atoms with Crippen LogP contribution >= 0.6 is 0 Å². The van der Waals surface area contributed by atoms with Crippen LogP contribution in [-0.2, 0) is 6.54 Å². The van der Waals surface area contributed by atoms with Gasteiger partial charge in [0.05, 0.1) is 12.7 Å². The number of ether oxygens (including phenoxy) is 1. The van der Waals surface area contributed by atoms with Crippen LogP contribution < -0.4 is 4.74 Å². The molecule has 0 saturated carbocycles. The molecule has 0 aliphatic carbocycles. The zero-order valence-electron chi connectivity index (χ0n) is 9.92. The summed E-state index contributed by atoms with van der Waals surface area (Å²) in [5.41, 5.74) is 2.06. The van der Waals surface area contributed by atoms with E-state index < -0.39 is 0 Å². The van der Waals surface area contributed by atoms with Crippen molar-refractivity contribution in [1.29, 1.82) is 10.5 Å². The van der Waals surface area contributed by atoms with Crippen molar-refractivity contribution < 1.29 is 4.74 Å². The summed E-state index contributed by atoms with van der Waals surface area (Å²) < 4.78 is 6.93. The van der Waals surface area contributed by atoms with Crippen LogP contribution in [0.2, 0.25) is 0 Å². The highest BCUT2D eigenvalue weighted by molar-refractivity contribution is 5.45. The number of nitriles is 2. The molecule has 2 rings (SSSR count). The van der Waals surface area contributed by atoms with Crippen molar-refractivity contribution >= 4 is 0 Å². The minimum absolute atomic E-state index is 0.501. The van der Waals surface area contributed by atoms with Gasteiger partial charge in [-0.05, 0) is 29.8 Å². The zero-order chi connectivity index (χ0) is 13.0. The molecule has 1 aromatic carbocycles. The quantitative estimate of drug-likeness (QED) is 0.822. The van der Waals surface area contributed by atoms with E-state index >= 15 is 0 Å². The highest BCUT2D eigenvalue weighted by atomic mass is 16.5. The maximum Gasteiger partial charge on any atom is 0.136 e. The SMILES string of the molecule is COc1ccc(Cn2cccc2C#N)cc1C#N. The van der Waals surface area contributed by atoms with Gasteiger partial charge in [0.2, 0.25) is 0 Å². The summed E-state index contributed by atoms with van der Waals surface area (Å²) in [6.07, 6.45) is 1.84. The Bertz CT molecular complexity index is 644. The third-order valence-electron chi connectivity index (χ3n) is 2.68. The van der Waals surface area contributed by atoms with Crippen molar-refractivity contribution in [3.05, 3.63) is 53.3 Å². The van der Waals surface area contributed by atoms with Gasteiger partial charge in [-0.2, -0.15) is 10.5 Å². The van der Waals surface area contributed by atoms with Gasteiger partial charge in [0.15, 0.2) is 0 Å². The van der Waals surface area contributed by atoms with Crippen molar-refractivity contribution in [1.82, 2.24) is 4.57 Å². The monoisotopic (exact) mass is 237 g/mol. The normalized spacial score (nSPS) is 9.50. The molecule has 88 valence electrons. The zero-order valence-corrected chi connectivity index (χ0v) is 9.92. The number of rotatable bonds is 3. The van der Waals surface area contributed by atoms with Gasteiger partial charge >= 0.3 is 0 Å². The van der Waals surface area contributed by atoms with E-state index in [4.69, 9.17) is 15.3 Å². The lowest BCUT2D eigenvalue weighted by atomic mass is 10.1. The second-order valence-corrected chi connectivity index (χ2v) is 3.78. The molecule has 0 atom stereocenters. The van der Waals surface area contributed by atoms with E-state index in [2.05, 4.69) is 12.1 Å². The van der Waals surface area contributed by atoms with Crippen LogP contribution in [0.25, 0.3) is 0 Å². The molecule has 0 bridgehead atoms. The third-order valence-corrected chi connectivity index (χ3v) is 2.68. The average Bonchev–Trinajstić information content (AvgIpc) is 2.85. The van der Waals surface area contributed by atoms with Crippen molar-refractivity contribution in [2.75, 3.05) is 7.11 Å². The minimum atomic E-state index is 0.501. The molecule has 0 aliphatic heterocycles. The van der Waals surface area contributed by atoms with Gasteiger partial charge in [-0.1, -0.05) is 6.07 Å². The molecule has 1 heterocycles. The first-order valence-electron chi connectivity index (χ1n) is 5.40. The van der Waals surface area contributed by atoms with Crippen molar-refractivity contribution in [2.45, 2.75) is 6.54 Å². The summed E-state index contributed by atoms with van der Waals surface area (Å²) in [6.45, 7) is 0.564. The lowest BCUT2D eigenvalue weighted by Gasteiger charge is -2.07. The molecule has 1 aromatic heterocycles. The van der Waals surface area contributed by atoms with Crippen LogP contribution in [0.3, 0.4) is 0 Å². The van der Waals surface area contributed by atoms with Crippen LogP contribution in [0.1, 0.15) is 16.8 Å². The van der Waals surface area contributed by atoms with Crippen LogP contribution in [-0.4, -0.2) is 11.7 Å². The first-order chi connectivity index (χ1) is 8.78. The van der Waals surface area contributed by atoms with Gasteiger partial charge in [-0.25, -0.2) is 0 Å². The molecule has 18 heavy (non-hydrogen) atoms. The second kappa shape index (κ2) is 5.07. The smallest absolute Gasteiger partial charge is 0.136 e. The maximum absolute atomic E-state index is 9.01. The molecule has 0 N–H and O–H groups in total.